The van der Waals surface area contributed by atoms with Crippen molar-refractivity contribution in [2.24, 2.45) is 0 Å². The highest BCUT2D eigenvalue weighted by Gasteiger charge is 2.10. The Morgan fingerprint density at radius 1 is 1.18 bits per heavy atom. The number of aliphatic carboxylic acids is 2. The summed E-state index contributed by atoms with van der Waals surface area (Å²) in [5.41, 5.74) is 1.47. The Bertz CT molecular complexity index is 498. The number of hydrogen-bond donors (Lipinski definition) is 2. The van der Waals surface area contributed by atoms with Gasteiger partial charge in [0.15, 0.2) is 0 Å². The zero-order valence-corrected chi connectivity index (χ0v) is 9.25. The highest BCUT2D eigenvalue weighted by Crippen LogP contribution is 2.18. The molecule has 88 valence electrons. The van der Waals surface area contributed by atoms with Crippen LogP contribution >= 0.6 is 0 Å². The van der Waals surface area contributed by atoms with Gasteiger partial charge >= 0.3 is 11.9 Å². The summed E-state index contributed by atoms with van der Waals surface area (Å²) in [5, 5.41) is 17.5. The summed E-state index contributed by atoms with van der Waals surface area (Å²) in [6, 6.07) is 7.03. The van der Waals surface area contributed by atoms with Gasteiger partial charge in [0.2, 0.25) is 0 Å². The van der Waals surface area contributed by atoms with Crippen molar-refractivity contribution >= 4 is 17.5 Å². The van der Waals surface area contributed by atoms with Crippen LogP contribution in [0, 0.1) is 6.92 Å². The Labute approximate surface area is 98.5 Å². The van der Waals surface area contributed by atoms with Gasteiger partial charge in [0.25, 0.3) is 0 Å². The van der Waals surface area contributed by atoms with E-state index in [0.29, 0.717) is 5.56 Å². The molecule has 0 bridgehead atoms. The lowest BCUT2D eigenvalue weighted by Crippen LogP contribution is -2.01. The fraction of sp³-hybridized carbons (Fsp3) is 0.0769. The van der Waals surface area contributed by atoms with E-state index in [4.69, 9.17) is 10.2 Å². The minimum atomic E-state index is -1.12. The smallest absolute Gasteiger partial charge is 0.336 e. The molecule has 0 fully saturated rings. The van der Waals surface area contributed by atoms with Crippen molar-refractivity contribution in [2.75, 3.05) is 0 Å². The zero-order valence-electron chi connectivity index (χ0n) is 9.25. The van der Waals surface area contributed by atoms with E-state index < -0.39 is 11.9 Å². The Morgan fingerprint density at radius 3 is 2.35 bits per heavy atom. The summed E-state index contributed by atoms with van der Waals surface area (Å²) < 4.78 is 0. The van der Waals surface area contributed by atoms with Gasteiger partial charge < -0.3 is 10.2 Å². The second-order valence-corrected chi connectivity index (χ2v) is 3.40. The number of carboxylic acid groups (broad SMARTS) is 2. The first kappa shape index (κ1) is 12.7. The van der Waals surface area contributed by atoms with Crippen LogP contribution in [-0.4, -0.2) is 22.2 Å². The molecule has 2 N–H and O–H groups in total. The van der Waals surface area contributed by atoms with Crippen LogP contribution in [-0.2, 0) is 9.59 Å². The first-order valence-electron chi connectivity index (χ1n) is 4.93. The van der Waals surface area contributed by atoms with Crippen molar-refractivity contribution in [3.63, 3.8) is 0 Å². The second-order valence-electron chi connectivity index (χ2n) is 3.40. The average Bonchev–Trinajstić information content (AvgIpc) is 2.25. The highest BCUT2D eigenvalue weighted by atomic mass is 16.4. The molecule has 0 aliphatic rings. The van der Waals surface area contributed by atoms with Gasteiger partial charge in [-0.3, -0.25) is 0 Å². The molecule has 0 aliphatic heterocycles. The Kier molecular flexibility index (Phi) is 4.22. The third-order valence-electron chi connectivity index (χ3n) is 2.17. The molecule has 0 saturated carbocycles. The molecule has 0 unspecified atom stereocenters. The minimum absolute atomic E-state index is 0.0700. The van der Waals surface area contributed by atoms with Gasteiger partial charge in [-0.2, -0.15) is 0 Å². The van der Waals surface area contributed by atoms with E-state index >= 15 is 0 Å². The van der Waals surface area contributed by atoms with Crippen LogP contribution in [0.1, 0.15) is 11.1 Å². The maximum Gasteiger partial charge on any atom is 0.336 e. The predicted molar refractivity (Wildman–Crippen MR) is 63.6 cm³/mol. The topological polar surface area (TPSA) is 74.6 Å². The van der Waals surface area contributed by atoms with Crippen LogP contribution in [0.2, 0.25) is 0 Å². The molecular formula is C13H12O4. The molecule has 0 spiro atoms. The quantitative estimate of drug-likeness (QED) is 0.615. The third-order valence-corrected chi connectivity index (χ3v) is 2.17. The molecule has 1 aromatic carbocycles. The fourth-order valence-electron chi connectivity index (χ4n) is 1.38. The van der Waals surface area contributed by atoms with Crippen molar-refractivity contribution in [1.82, 2.24) is 0 Å². The van der Waals surface area contributed by atoms with E-state index in [1.807, 2.05) is 6.07 Å². The van der Waals surface area contributed by atoms with Crippen LogP contribution < -0.4 is 0 Å². The van der Waals surface area contributed by atoms with Gasteiger partial charge in [-0.1, -0.05) is 30.3 Å². The lowest BCUT2D eigenvalue weighted by atomic mass is 10.0. The molecule has 4 heteroatoms. The second kappa shape index (κ2) is 5.65. The number of carbonyl (C=O) groups is 2. The molecule has 1 aromatic rings. The lowest BCUT2D eigenvalue weighted by Gasteiger charge is -2.05. The standard InChI is InChI=1S/C13H12O4/c1-9-5-2-3-6-10(9)11(13(16)17)7-4-8-12(14)15/h2-8H,1H3,(H,14,15)(H,16,17)/b8-4+,11-7+. The Balaban J connectivity index is 3.15. The summed E-state index contributed by atoms with van der Waals surface area (Å²) in [7, 11) is 0. The van der Waals surface area contributed by atoms with Gasteiger partial charge in [-0.15, -0.1) is 0 Å². The van der Waals surface area contributed by atoms with Crippen molar-refractivity contribution in [3.05, 3.63) is 53.6 Å². The molecule has 0 radical (unpaired) electrons. The van der Waals surface area contributed by atoms with E-state index in [1.54, 1.807) is 25.1 Å². The van der Waals surface area contributed by atoms with E-state index in [1.165, 1.54) is 12.2 Å². The van der Waals surface area contributed by atoms with Crippen LogP contribution in [0.15, 0.2) is 42.5 Å². The zero-order chi connectivity index (χ0) is 12.8. The molecule has 0 atom stereocenters. The lowest BCUT2D eigenvalue weighted by molar-refractivity contribution is -0.132. The largest absolute Gasteiger partial charge is 0.478 e. The first-order valence-corrected chi connectivity index (χ1v) is 4.93. The van der Waals surface area contributed by atoms with Gasteiger partial charge in [-0.05, 0) is 24.1 Å². The van der Waals surface area contributed by atoms with E-state index in [9.17, 15) is 9.59 Å². The first-order chi connectivity index (χ1) is 8.02. The summed E-state index contributed by atoms with van der Waals surface area (Å²) in [6.07, 6.45) is 3.37. The molecule has 0 heterocycles. The van der Waals surface area contributed by atoms with Crippen molar-refractivity contribution < 1.29 is 19.8 Å². The molecule has 1 rings (SSSR count). The number of allylic oxidation sites excluding steroid dienone is 2. The Hall–Kier alpha value is -2.36. The van der Waals surface area contributed by atoms with Gasteiger partial charge in [0.1, 0.15) is 0 Å². The molecule has 4 nitrogen and oxygen atoms in total. The fourth-order valence-corrected chi connectivity index (χ4v) is 1.38. The summed E-state index contributed by atoms with van der Waals surface area (Å²) >= 11 is 0. The van der Waals surface area contributed by atoms with Gasteiger partial charge in [-0.25, -0.2) is 9.59 Å². The van der Waals surface area contributed by atoms with Crippen LogP contribution in [0.25, 0.3) is 5.57 Å². The van der Waals surface area contributed by atoms with E-state index in [0.717, 1.165) is 11.6 Å². The monoisotopic (exact) mass is 232 g/mol. The maximum atomic E-state index is 11.1. The molecule has 0 saturated heterocycles. The third kappa shape index (κ3) is 3.61. The molecule has 0 aromatic heterocycles. The number of rotatable bonds is 4. The number of aryl methyl sites for hydroxylation is 1. The Morgan fingerprint density at radius 2 is 1.82 bits per heavy atom. The minimum Gasteiger partial charge on any atom is -0.478 e. The normalized spacial score (nSPS) is 11.7. The summed E-state index contributed by atoms with van der Waals surface area (Å²) in [5.74, 6) is -2.20. The SMILES string of the molecule is Cc1ccccc1/C(=C\C=C\C(=O)O)C(=O)O. The van der Waals surface area contributed by atoms with Gasteiger partial charge in [0.05, 0.1) is 5.57 Å². The molecule has 0 amide bonds. The summed E-state index contributed by atoms with van der Waals surface area (Å²) in [6.45, 7) is 1.80. The van der Waals surface area contributed by atoms with E-state index in [2.05, 4.69) is 0 Å². The van der Waals surface area contributed by atoms with Crippen LogP contribution in [0.3, 0.4) is 0 Å². The van der Waals surface area contributed by atoms with E-state index in [-0.39, 0.29) is 5.57 Å². The predicted octanol–water partition coefficient (Wildman–Crippen LogP) is 2.10. The number of hydrogen-bond acceptors (Lipinski definition) is 2. The van der Waals surface area contributed by atoms with Crippen molar-refractivity contribution in [3.8, 4) is 0 Å². The average molecular weight is 232 g/mol. The van der Waals surface area contributed by atoms with Crippen LogP contribution in [0.5, 0.6) is 0 Å². The number of carboxylic acids is 2. The maximum absolute atomic E-state index is 11.1. The van der Waals surface area contributed by atoms with Crippen LogP contribution in [0.4, 0.5) is 0 Å². The highest BCUT2D eigenvalue weighted by molar-refractivity contribution is 6.16. The summed E-state index contributed by atoms with van der Waals surface area (Å²) in [4.78, 5) is 21.4. The van der Waals surface area contributed by atoms with Gasteiger partial charge in [0, 0.05) is 6.08 Å². The number of benzene rings is 1. The molecular weight excluding hydrogens is 220 g/mol. The molecule has 17 heavy (non-hydrogen) atoms. The van der Waals surface area contributed by atoms with Crippen molar-refractivity contribution in [2.45, 2.75) is 6.92 Å². The van der Waals surface area contributed by atoms with Crippen molar-refractivity contribution in [1.29, 1.82) is 0 Å². The molecule has 0 aliphatic carbocycles.